The van der Waals surface area contributed by atoms with Crippen LogP contribution in [0.1, 0.15) is 31.5 Å². The number of hydrogen-bond acceptors (Lipinski definition) is 4. The molecule has 0 spiro atoms. The molecule has 4 rings (SSSR count). The summed E-state index contributed by atoms with van der Waals surface area (Å²) in [6, 6.07) is 5.57. The van der Waals surface area contributed by atoms with Crippen LogP contribution in [0.4, 0.5) is 0 Å². The Hall–Kier alpha value is -1.76. The molecule has 2 aromatic rings. The van der Waals surface area contributed by atoms with Crippen LogP contribution in [0.3, 0.4) is 0 Å². The molecule has 0 aliphatic heterocycles. The molecule has 2 saturated carbocycles. The molecule has 0 saturated heterocycles. The molecule has 2 aromatic heterocycles. The van der Waals surface area contributed by atoms with E-state index in [2.05, 4.69) is 31.3 Å². The number of rotatable bonds is 3. The minimum atomic E-state index is -0.726. The van der Waals surface area contributed by atoms with E-state index in [4.69, 9.17) is 0 Å². The molecule has 2 heterocycles. The van der Waals surface area contributed by atoms with E-state index in [0.29, 0.717) is 24.3 Å². The molecule has 0 unspecified atom stereocenters. The van der Waals surface area contributed by atoms with Crippen molar-refractivity contribution in [2.45, 2.75) is 31.1 Å². The van der Waals surface area contributed by atoms with Gasteiger partial charge in [-0.25, -0.2) is 9.50 Å². The number of hydrogen-bond donors (Lipinski definition) is 1. The number of pyridine rings is 1. The van der Waals surface area contributed by atoms with E-state index in [1.54, 1.807) is 4.52 Å². The fourth-order valence-corrected chi connectivity index (χ4v) is 2.85. The number of carbonyl (C=O) groups is 2. The van der Waals surface area contributed by atoms with E-state index in [1.807, 2.05) is 18.2 Å². The monoisotopic (exact) mass is 348 g/mol. The van der Waals surface area contributed by atoms with Crippen molar-refractivity contribution in [3.63, 3.8) is 0 Å². The third kappa shape index (κ3) is 2.07. The van der Waals surface area contributed by atoms with Gasteiger partial charge in [0.1, 0.15) is 10.0 Å². The van der Waals surface area contributed by atoms with Crippen molar-refractivity contribution < 1.29 is 9.59 Å². The average Bonchev–Trinajstić information content (AvgIpc) is 3.36. The Morgan fingerprint density at radius 2 is 2.10 bits per heavy atom. The van der Waals surface area contributed by atoms with Crippen LogP contribution in [0.2, 0.25) is 0 Å². The maximum absolute atomic E-state index is 12.4. The molecule has 0 atom stereocenters. The van der Waals surface area contributed by atoms with E-state index in [0.717, 1.165) is 17.4 Å². The minimum Gasteiger partial charge on any atom is -0.295 e. The highest BCUT2D eigenvalue weighted by atomic mass is 79.9. The molecule has 108 valence electrons. The predicted octanol–water partition coefficient (Wildman–Crippen LogP) is 1.58. The van der Waals surface area contributed by atoms with Gasteiger partial charge < -0.3 is 0 Å². The molecule has 0 aromatic carbocycles. The summed E-state index contributed by atoms with van der Waals surface area (Å²) in [7, 11) is 0. The summed E-state index contributed by atoms with van der Waals surface area (Å²) in [5, 5.41) is 6.95. The number of amides is 2. The number of nitrogens with one attached hydrogen (secondary N) is 1. The second kappa shape index (κ2) is 4.37. The SMILES string of the molecule is O=C(NC(=O)C1(c2nc3cccc(Br)n3n2)CC1)C1CC1. The summed E-state index contributed by atoms with van der Waals surface area (Å²) in [4.78, 5) is 28.6. The smallest absolute Gasteiger partial charge is 0.240 e. The Bertz CT molecular complexity index is 761. The van der Waals surface area contributed by atoms with Crippen molar-refractivity contribution >= 4 is 33.4 Å². The molecule has 2 amide bonds. The van der Waals surface area contributed by atoms with Crippen molar-refractivity contribution in [2.75, 3.05) is 0 Å². The number of imide groups is 1. The Balaban J connectivity index is 1.65. The highest BCUT2D eigenvalue weighted by molar-refractivity contribution is 9.10. The number of fused-ring (bicyclic) bond motifs is 1. The topological polar surface area (TPSA) is 76.4 Å². The molecule has 1 N–H and O–H groups in total. The van der Waals surface area contributed by atoms with Crippen LogP contribution in [-0.2, 0) is 15.0 Å². The maximum Gasteiger partial charge on any atom is 0.240 e. The van der Waals surface area contributed by atoms with Gasteiger partial charge in [0.15, 0.2) is 11.5 Å². The van der Waals surface area contributed by atoms with Crippen LogP contribution in [0.5, 0.6) is 0 Å². The van der Waals surface area contributed by atoms with E-state index in [-0.39, 0.29) is 17.7 Å². The van der Waals surface area contributed by atoms with Gasteiger partial charge in [0.25, 0.3) is 0 Å². The standard InChI is InChI=1S/C14H13BrN4O2/c15-9-2-1-3-10-16-12(18-19(9)10)14(6-7-14)13(21)17-11(20)8-4-5-8/h1-3,8H,4-7H2,(H,17,20,21). The van der Waals surface area contributed by atoms with Gasteiger partial charge >= 0.3 is 0 Å². The van der Waals surface area contributed by atoms with Gasteiger partial charge in [-0.05, 0) is 53.7 Å². The lowest BCUT2D eigenvalue weighted by Gasteiger charge is -2.10. The summed E-state index contributed by atoms with van der Waals surface area (Å²) in [5.74, 6) is 0.103. The van der Waals surface area contributed by atoms with Crippen LogP contribution < -0.4 is 5.32 Å². The Labute approximate surface area is 129 Å². The molecular weight excluding hydrogens is 336 g/mol. The third-order valence-electron chi connectivity index (χ3n) is 4.11. The number of carbonyl (C=O) groups excluding carboxylic acids is 2. The number of nitrogens with zero attached hydrogens (tertiary/aromatic N) is 3. The summed E-state index contributed by atoms with van der Waals surface area (Å²) in [6.45, 7) is 0. The van der Waals surface area contributed by atoms with Crippen LogP contribution in [0.15, 0.2) is 22.8 Å². The Kier molecular flexibility index (Phi) is 2.69. The fourth-order valence-electron chi connectivity index (χ4n) is 2.43. The zero-order chi connectivity index (χ0) is 14.6. The predicted molar refractivity (Wildman–Crippen MR) is 77.5 cm³/mol. The lowest BCUT2D eigenvalue weighted by molar-refractivity contribution is -0.132. The van der Waals surface area contributed by atoms with E-state index in [9.17, 15) is 9.59 Å². The summed E-state index contributed by atoms with van der Waals surface area (Å²) in [6.07, 6.45) is 3.13. The fraction of sp³-hybridized carbons (Fsp3) is 0.429. The Morgan fingerprint density at radius 1 is 1.33 bits per heavy atom. The van der Waals surface area contributed by atoms with Crippen LogP contribution >= 0.6 is 15.9 Å². The first-order valence-corrected chi connectivity index (χ1v) is 7.76. The number of halogens is 1. The van der Waals surface area contributed by atoms with Crippen molar-refractivity contribution in [1.29, 1.82) is 0 Å². The molecule has 2 fully saturated rings. The molecule has 21 heavy (non-hydrogen) atoms. The van der Waals surface area contributed by atoms with Crippen molar-refractivity contribution in [3.05, 3.63) is 28.6 Å². The molecule has 6 nitrogen and oxygen atoms in total. The van der Waals surface area contributed by atoms with Crippen molar-refractivity contribution in [2.24, 2.45) is 5.92 Å². The lowest BCUT2D eigenvalue weighted by atomic mass is 10.1. The van der Waals surface area contributed by atoms with E-state index >= 15 is 0 Å². The summed E-state index contributed by atoms with van der Waals surface area (Å²) in [5.41, 5.74) is -0.0392. The largest absolute Gasteiger partial charge is 0.295 e. The van der Waals surface area contributed by atoms with Gasteiger partial charge in [0.2, 0.25) is 11.8 Å². The molecule has 2 aliphatic rings. The van der Waals surface area contributed by atoms with Gasteiger partial charge in [0.05, 0.1) is 0 Å². The van der Waals surface area contributed by atoms with Crippen molar-refractivity contribution in [3.8, 4) is 0 Å². The highest BCUT2D eigenvalue weighted by Crippen LogP contribution is 2.47. The van der Waals surface area contributed by atoms with Crippen LogP contribution in [-0.4, -0.2) is 26.4 Å². The van der Waals surface area contributed by atoms with Gasteiger partial charge in [-0.3, -0.25) is 14.9 Å². The summed E-state index contributed by atoms with van der Waals surface area (Å²) >= 11 is 3.41. The van der Waals surface area contributed by atoms with Gasteiger partial charge in [-0.1, -0.05) is 6.07 Å². The molecule has 0 bridgehead atoms. The van der Waals surface area contributed by atoms with E-state index in [1.165, 1.54) is 0 Å². The van der Waals surface area contributed by atoms with Crippen LogP contribution in [0.25, 0.3) is 5.65 Å². The Morgan fingerprint density at radius 3 is 2.71 bits per heavy atom. The van der Waals surface area contributed by atoms with Crippen LogP contribution in [0, 0.1) is 5.92 Å². The maximum atomic E-state index is 12.4. The molecule has 7 heteroatoms. The molecule has 0 radical (unpaired) electrons. The second-order valence-corrected chi connectivity index (χ2v) is 6.54. The van der Waals surface area contributed by atoms with Crippen molar-refractivity contribution in [1.82, 2.24) is 19.9 Å². The first kappa shape index (κ1) is 12.9. The normalized spacial score (nSPS) is 19.5. The number of aromatic nitrogens is 3. The second-order valence-electron chi connectivity index (χ2n) is 5.73. The first-order chi connectivity index (χ1) is 10.1. The molecule has 2 aliphatic carbocycles. The quantitative estimate of drug-likeness (QED) is 0.674. The average molecular weight is 349 g/mol. The zero-order valence-electron chi connectivity index (χ0n) is 11.2. The van der Waals surface area contributed by atoms with Gasteiger partial charge in [0, 0.05) is 5.92 Å². The van der Waals surface area contributed by atoms with Gasteiger partial charge in [-0.2, -0.15) is 0 Å². The lowest BCUT2D eigenvalue weighted by Crippen LogP contribution is -2.40. The third-order valence-corrected chi connectivity index (χ3v) is 4.71. The summed E-state index contributed by atoms with van der Waals surface area (Å²) < 4.78 is 2.44. The van der Waals surface area contributed by atoms with E-state index < -0.39 is 5.41 Å². The highest BCUT2D eigenvalue weighted by Gasteiger charge is 2.55. The zero-order valence-corrected chi connectivity index (χ0v) is 12.8. The molecular formula is C14H13BrN4O2. The first-order valence-electron chi connectivity index (χ1n) is 6.97. The van der Waals surface area contributed by atoms with Gasteiger partial charge in [-0.15, -0.1) is 5.10 Å². The minimum absolute atomic E-state index is 0.0212.